The van der Waals surface area contributed by atoms with Gasteiger partial charge in [-0.2, -0.15) is 0 Å². The molecule has 3 nitrogen and oxygen atoms in total. The number of hydrogen-bond donors (Lipinski definition) is 0. The first-order valence-corrected chi connectivity index (χ1v) is 20.6. The number of carbonyl (C=O) groups excluding carboxylic acids is 1. The van der Waals surface area contributed by atoms with Gasteiger partial charge in [-0.15, -0.1) is 0 Å². The second-order valence-electron chi connectivity index (χ2n) is 16.4. The number of Topliss-reactive ketones (excluding diaryl/α,β-unsaturated/α-hetero) is 1. The van der Waals surface area contributed by atoms with E-state index in [0.29, 0.717) is 29.6 Å². The minimum absolute atomic E-state index is 0.138. The molecule has 4 rings (SSSR count). The highest BCUT2D eigenvalue weighted by Crippen LogP contribution is 2.65. The molecule has 3 saturated carbocycles. The van der Waals surface area contributed by atoms with Crippen molar-refractivity contribution in [1.29, 1.82) is 0 Å². The highest BCUT2D eigenvalue weighted by molar-refractivity contribution is 6.74. The van der Waals surface area contributed by atoms with Gasteiger partial charge in [-0.05, 0) is 98.0 Å². The Hall–Kier alpha value is -0.236. The lowest BCUT2D eigenvalue weighted by Gasteiger charge is -2.60. The standard InChI is InChI=1S/C31H56O3Si2/c1-28(2,3)35(9,10)33-22-15-17-30(7)21(19-22)20-25(34-36(11,12)29(4,5)6)27-23-13-14-26(32)31(23,8)18-16-24(27)30/h20,22-25,27H,13-19H2,1-12H3/t22-,23?,24?,25-,27?,30-,31-/m0/s1. The van der Waals surface area contributed by atoms with E-state index < -0.39 is 16.6 Å². The maximum Gasteiger partial charge on any atom is 0.192 e. The van der Waals surface area contributed by atoms with Crippen LogP contribution in [0.4, 0.5) is 0 Å². The van der Waals surface area contributed by atoms with Gasteiger partial charge in [0.2, 0.25) is 0 Å². The third kappa shape index (κ3) is 4.60. The van der Waals surface area contributed by atoms with Gasteiger partial charge in [0, 0.05) is 17.9 Å². The Morgan fingerprint density at radius 1 is 0.806 bits per heavy atom. The van der Waals surface area contributed by atoms with Crippen LogP contribution in [0.25, 0.3) is 0 Å². The van der Waals surface area contributed by atoms with Crippen LogP contribution in [-0.2, 0) is 13.6 Å². The summed E-state index contributed by atoms with van der Waals surface area (Å²) in [6.45, 7) is 28.5. The van der Waals surface area contributed by atoms with E-state index >= 15 is 0 Å². The Balaban J connectivity index is 1.72. The zero-order chi connectivity index (χ0) is 27.1. The van der Waals surface area contributed by atoms with E-state index in [1.807, 2.05) is 0 Å². The van der Waals surface area contributed by atoms with Gasteiger partial charge < -0.3 is 8.85 Å². The molecule has 0 aromatic heterocycles. The average molecular weight is 533 g/mol. The van der Waals surface area contributed by atoms with Crippen molar-refractivity contribution in [3.05, 3.63) is 11.6 Å². The van der Waals surface area contributed by atoms with Gasteiger partial charge >= 0.3 is 0 Å². The van der Waals surface area contributed by atoms with E-state index in [0.717, 1.165) is 32.1 Å². The Labute approximate surface area is 224 Å². The van der Waals surface area contributed by atoms with Gasteiger partial charge in [0.25, 0.3) is 0 Å². The summed E-state index contributed by atoms with van der Waals surface area (Å²) in [6, 6.07) is 0. The molecule has 36 heavy (non-hydrogen) atoms. The first-order valence-electron chi connectivity index (χ1n) is 14.8. The quantitative estimate of drug-likeness (QED) is 0.268. The van der Waals surface area contributed by atoms with Gasteiger partial charge in [-0.1, -0.05) is 67.0 Å². The minimum Gasteiger partial charge on any atom is -0.414 e. The molecule has 7 atom stereocenters. The Kier molecular flexibility index (Phi) is 7.10. The third-order valence-electron chi connectivity index (χ3n) is 12.3. The molecule has 0 radical (unpaired) electrons. The Bertz CT molecular complexity index is 908. The highest BCUT2D eigenvalue weighted by Gasteiger charge is 2.62. The summed E-state index contributed by atoms with van der Waals surface area (Å²) in [4.78, 5) is 13.1. The number of ketones is 1. The van der Waals surface area contributed by atoms with Crippen molar-refractivity contribution in [2.45, 2.75) is 149 Å². The molecule has 0 saturated heterocycles. The predicted octanol–water partition coefficient (Wildman–Crippen LogP) is 8.91. The third-order valence-corrected chi connectivity index (χ3v) is 21.3. The van der Waals surface area contributed by atoms with Crippen LogP contribution >= 0.6 is 0 Å². The summed E-state index contributed by atoms with van der Waals surface area (Å²) < 4.78 is 14.3. The van der Waals surface area contributed by atoms with Crippen LogP contribution in [0.3, 0.4) is 0 Å². The molecule has 0 aliphatic heterocycles. The van der Waals surface area contributed by atoms with Crippen molar-refractivity contribution in [3.63, 3.8) is 0 Å². The van der Waals surface area contributed by atoms with E-state index in [1.165, 1.54) is 12.8 Å². The lowest BCUT2D eigenvalue weighted by atomic mass is 9.47. The minimum atomic E-state index is -1.97. The fraction of sp³-hybridized carbons (Fsp3) is 0.903. The second kappa shape index (κ2) is 8.89. The van der Waals surface area contributed by atoms with Crippen molar-refractivity contribution in [3.8, 4) is 0 Å². The van der Waals surface area contributed by atoms with Crippen molar-refractivity contribution >= 4 is 22.4 Å². The van der Waals surface area contributed by atoms with Gasteiger partial charge in [-0.25, -0.2) is 0 Å². The van der Waals surface area contributed by atoms with Crippen molar-refractivity contribution in [2.24, 2.45) is 28.6 Å². The van der Waals surface area contributed by atoms with Crippen LogP contribution in [0.5, 0.6) is 0 Å². The van der Waals surface area contributed by atoms with Crippen LogP contribution in [0.2, 0.25) is 36.3 Å². The lowest BCUT2D eigenvalue weighted by Crippen LogP contribution is -2.58. The van der Waals surface area contributed by atoms with Gasteiger partial charge in [-0.3, -0.25) is 4.79 Å². The second-order valence-corrected chi connectivity index (χ2v) is 25.9. The molecule has 206 valence electrons. The predicted molar refractivity (Wildman–Crippen MR) is 156 cm³/mol. The maximum atomic E-state index is 13.1. The molecule has 5 heteroatoms. The molecule has 0 heterocycles. The first-order chi connectivity index (χ1) is 16.2. The largest absolute Gasteiger partial charge is 0.414 e. The molecular formula is C31H56O3Si2. The van der Waals surface area contributed by atoms with Gasteiger partial charge in [0.15, 0.2) is 16.6 Å². The number of rotatable bonds is 4. The van der Waals surface area contributed by atoms with Crippen LogP contribution in [0.1, 0.15) is 100 Å². The smallest absolute Gasteiger partial charge is 0.192 e. The SMILES string of the molecule is CC(C)(C)[Si](C)(C)O[C@H]1CC[C@@]2(C)C(=C[C@H](O[Si](C)(C)C(C)(C)C)C3C2CC[C@]2(C)C(=O)CCC32)C1. The summed E-state index contributed by atoms with van der Waals surface area (Å²) in [6.07, 6.45) is 10.6. The summed E-state index contributed by atoms with van der Waals surface area (Å²) in [7, 11) is -3.78. The molecule has 4 aliphatic carbocycles. The lowest BCUT2D eigenvalue weighted by molar-refractivity contribution is -0.135. The molecule has 3 fully saturated rings. The topological polar surface area (TPSA) is 35.5 Å². The van der Waals surface area contributed by atoms with Crippen LogP contribution in [-0.4, -0.2) is 34.6 Å². The molecule has 0 aromatic rings. The molecule has 0 spiro atoms. The Morgan fingerprint density at radius 3 is 1.92 bits per heavy atom. The van der Waals surface area contributed by atoms with E-state index in [2.05, 4.69) is 87.7 Å². The van der Waals surface area contributed by atoms with Crippen LogP contribution in [0, 0.1) is 28.6 Å². The zero-order valence-corrected chi connectivity index (χ0v) is 27.6. The van der Waals surface area contributed by atoms with E-state index in [9.17, 15) is 4.79 Å². The summed E-state index contributed by atoms with van der Waals surface area (Å²) in [5.41, 5.74) is 1.69. The van der Waals surface area contributed by atoms with Crippen molar-refractivity contribution < 1.29 is 13.6 Å². The number of fused-ring (bicyclic) bond motifs is 5. The molecule has 0 aromatic carbocycles. The first kappa shape index (κ1) is 28.8. The molecule has 4 aliphatic rings. The highest BCUT2D eigenvalue weighted by atomic mass is 28.4. The maximum absolute atomic E-state index is 13.1. The summed E-state index contributed by atoms with van der Waals surface area (Å²) in [5, 5.41) is 0.405. The number of carbonyl (C=O) groups is 1. The monoisotopic (exact) mass is 532 g/mol. The van der Waals surface area contributed by atoms with E-state index in [4.69, 9.17) is 8.85 Å². The molecule has 0 bridgehead atoms. The van der Waals surface area contributed by atoms with E-state index in [-0.39, 0.29) is 27.0 Å². The Morgan fingerprint density at radius 2 is 1.33 bits per heavy atom. The molecule has 0 amide bonds. The van der Waals surface area contributed by atoms with Crippen LogP contribution in [0.15, 0.2) is 11.6 Å². The van der Waals surface area contributed by atoms with Gasteiger partial charge in [0.1, 0.15) is 5.78 Å². The molecular weight excluding hydrogens is 477 g/mol. The zero-order valence-electron chi connectivity index (χ0n) is 25.6. The normalized spacial score (nSPS) is 39.8. The van der Waals surface area contributed by atoms with Gasteiger partial charge in [0.05, 0.1) is 6.10 Å². The fourth-order valence-corrected chi connectivity index (χ4v) is 10.3. The molecule has 0 N–H and O–H groups in total. The summed E-state index contributed by atoms with van der Waals surface area (Å²) >= 11 is 0. The number of hydrogen-bond acceptors (Lipinski definition) is 3. The summed E-state index contributed by atoms with van der Waals surface area (Å²) in [5.74, 6) is 2.07. The van der Waals surface area contributed by atoms with E-state index in [1.54, 1.807) is 5.57 Å². The van der Waals surface area contributed by atoms with Crippen LogP contribution < -0.4 is 0 Å². The fourth-order valence-electron chi connectivity index (χ4n) is 7.69. The average Bonchev–Trinajstić information content (AvgIpc) is 3.01. The van der Waals surface area contributed by atoms with Crippen molar-refractivity contribution in [2.75, 3.05) is 0 Å². The molecule has 3 unspecified atom stereocenters. The van der Waals surface area contributed by atoms with Crippen molar-refractivity contribution in [1.82, 2.24) is 0 Å².